The maximum Gasteiger partial charge on any atom is 0.309 e. The third-order valence-corrected chi connectivity index (χ3v) is 5.49. The Labute approximate surface area is 165 Å². The number of carbonyl (C=O) groups excluding carboxylic acids is 2. The average molecular weight is 385 g/mol. The molecule has 1 fully saturated rings. The summed E-state index contributed by atoms with van der Waals surface area (Å²) < 4.78 is 16.4. The molecule has 27 heavy (non-hydrogen) atoms. The minimum atomic E-state index is -0.363. The maximum atomic E-state index is 12.6. The number of carbonyl (C=O) groups is 2. The van der Waals surface area contributed by atoms with E-state index in [1.54, 1.807) is 0 Å². The number of esters is 2. The van der Waals surface area contributed by atoms with Crippen LogP contribution in [-0.4, -0.2) is 38.4 Å². The lowest BCUT2D eigenvalue weighted by atomic mass is 9.79. The first kappa shape index (κ1) is 23.9. The molecule has 0 spiro atoms. The van der Waals surface area contributed by atoms with E-state index in [9.17, 15) is 9.59 Å². The third kappa shape index (κ3) is 9.59. The molecule has 0 radical (unpaired) electrons. The van der Waals surface area contributed by atoms with Crippen molar-refractivity contribution in [2.75, 3.05) is 26.4 Å². The van der Waals surface area contributed by atoms with Crippen molar-refractivity contribution in [1.29, 1.82) is 0 Å². The van der Waals surface area contributed by atoms with E-state index in [0.29, 0.717) is 32.2 Å². The lowest BCUT2D eigenvalue weighted by Crippen LogP contribution is -2.36. The van der Waals surface area contributed by atoms with Gasteiger partial charge in [0.05, 0.1) is 25.0 Å². The molecule has 3 atom stereocenters. The summed E-state index contributed by atoms with van der Waals surface area (Å²) in [5.74, 6) is -0.781. The Bertz CT molecular complexity index is 410. The first-order valence-electron chi connectivity index (χ1n) is 11.0. The molecular formula is C22H40O5. The summed E-state index contributed by atoms with van der Waals surface area (Å²) in [5, 5.41) is 0. The minimum Gasteiger partial charge on any atom is -0.465 e. The van der Waals surface area contributed by atoms with Crippen molar-refractivity contribution < 1.29 is 23.8 Å². The van der Waals surface area contributed by atoms with Gasteiger partial charge in [-0.3, -0.25) is 9.59 Å². The molecule has 5 nitrogen and oxygen atoms in total. The third-order valence-electron chi connectivity index (χ3n) is 5.49. The number of hydrogen-bond donors (Lipinski definition) is 0. The van der Waals surface area contributed by atoms with E-state index in [4.69, 9.17) is 14.2 Å². The highest BCUT2D eigenvalue weighted by Gasteiger charge is 2.38. The van der Waals surface area contributed by atoms with Crippen molar-refractivity contribution in [1.82, 2.24) is 0 Å². The molecule has 0 bridgehead atoms. The van der Waals surface area contributed by atoms with Gasteiger partial charge in [0.15, 0.2) is 0 Å². The highest BCUT2D eigenvalue weighted by Crippen LogP contribution is 2.32. The van der Waals surface area contributed by atoms with Gasteiger partial charge in [-0.1, -0.05) is 59.3 Å². The average Bonchev–Trinajstić information content (AvgIpc) is 2.70. The summed E-state index contributed by atoms with van der Waals surface area (Å²) in [7, 11) is 0. The van der Waals surface area contributed by atoms with E-state index in [1.807, 2.05) is 0 Å². The largest absolute Gasteiger partial charge is 0.465 e. The Morgan fingerprint density at radius 1 is 0.852 bits per heavy atom. The second-order valence-corrected chi connectivity index (χ2v) is 7.68. The lowest BCUT2D eigenvalue weighted by molar-refractivity contribution is -0.164. The van der Waals surface area contributed by atoms with Gasteiger partial charge in [0, 0.05) is 6.61 Å². The van der Waals surface area contributed by atoms with E-state index in [1.165, 1.54) is 0 Å². The smallest absolute Gasteiger partial charge is 0.309 e. The van der Waals surface area contributed by atoms with Crippen molar-refractivity contribution in [2.45, 2.75) is 85.0 Å². The topological polar surface area (TPSA) is 61.8 Å². The molecule has 1 aliphatic carbocycles. The van der Waals surface area contributed by atoms with E-state index >= 15 is 0 Å². The normalized spacial score (nSPS) is 20.9. The van der Waals surface area contributed by atoms with Crippen molar-refractivity contribution >= 4 is 11.9 Å². The Balaban J connectivity index is 2.41. The first-order chi connectivity index (χ1) is 13.1. The van der Waals surface area contributed by atoms with Gasteiger partial charge in [-0.05, 0) is 31.6 Å². The van der Waals surface area contributed by atoms with Gasteiger partial charge in [0.25, 0.3) is 0 Å². The van der Waals surface area contributed by atoms with Crippen LogP contribution in [0, 0.1) is 17.8 Å². The molecule has 0 amide bonds. The summed E-state index contributed by atoms with van der Waals surface area (Å²) in [6.07, 6.45) is 9.89. The molecule has 0 heterocycles. The highest BCUT2D eigenvalue weighted by molar-refractivity contribution is 5.82. The number of unbranched alkanes of at least 4 members (excludes halogenated alkanes) is 2. The number of hydrogen-bond acceptors (Lipinski definition) is 5. The molecule has 1 aliphatic rings. The quantitative estimate of drug-likeness (QED) is 0.314. The summed E-state index contributed by atoms with van der Waals surface area (Å²) in [5.41, 5.74) is 0. The lowest BCUT2D eigenvalue weighted by Gasteiger charge is -2.28. The van der Waals surface area contributed by atoms with Gasteiger partial charge in [0.1, 0.15) is 6.61 Å². The SMILES string of the molecule is CCCCOCCOC(=O)C1CCCCC1C(=O)OCC(CC)CCCC. The molecular weight excluding hydrogens is 344 g/mol. The Morgan fingerprint density at radius 2 is 1.48 bits per heavy atom. The summed E-state index contributed by atoms with van der Waals surface area (Å²) in [6, 6.07) is 0. The van der Waals surface area contributed by atoms with E-state index in [-0.39, 0.29) is 30.4 Å². The number of ether oxygens (including phenoxy) is 3. The molecule has 158 valence electrons. The standard InChI is InChI=1S/C22H40O5/c1-4-7-11-18(6-3)17-27-22(24)20-13-10-9-12-19(20)21(23)26-16-15-25-14-8-5-2/h18-20H,4-17H2,1-3H3. The van der Waals surface area contributed by atoms with Crippen molar-refractivity contribution in [3.63, 3.8) is 0 Å². The van der Waals surface area contributed by atoms with Crippen LogP contribution in [0.25, 0.3) is 0 Å². The molecule has 0 aliphatic heterocycles. The van der Waals surface area contributed by atoms with E-state index in [0.717, 1.165) is 57.8 Å². The molecule has 1 rings (SSSR count). The van der Waals surface area contributed by atoms with Crippen LogP contribution in [0.5, 0.6) is 0 Å². The van der Waals surface area contributed by atoms with Crippen molar-refractivity contribution in [3.8, 4) is 0 Å². The molecule has 0 aromatic heterocycles. The van der Waals surface area contributed by atoms with Gasteiger partial charge >= 0.3 is 11.9 Å². The summed E-state index contributed by atoms with van der Waals surface area (Å²) in [4.78, 5) is 25.1. The fourth-order valence-corrected chi connectivity index (χ4v) is 3.56. The van der Waals surface area contributed by atoms with Crippen LogP contribution in [0.1, 0.15) is 85.0 Å². The number of rotatable bonds is 14. The predicted octanol–water partition coefficient (Wildman–Crippen LogP) is 4.91. The molecule has 0 N–H and O–H groups in total. The van der Waals surface area contributed by atoms with E-state index in [2.05, 4.69) is 20.8 Å². The van der Waals surface area contributed by atoms with Crippen LogP contribution >= 0.6 is 0 Å². The molecule has 0 aromatic carbocycles. The summed E-state index contributed by atoms with van der Waals surface area (Å²) in [6.45, 7) is 8.27. The molecule has 5 heteroatoms. The zero-order valence-electron chi connectivity index (χ0n) is 17.7. The van der Waals surface area contributed by atoms with Gasteiger partial charge in [-0.25, -0.2) is 0 Å². The second kappa shape index (κ2) is 14.9. The Hall–Kier alpha value is -1.10. The summed E-state index contributed by atoms with van der Waals surface area (Å²) >= 11 is 0. The van der Waals surface area contributed by atoms with Gasteiger partial charge < -0.3 is 14.2 Å². The van der Waals surface area contributed by atoms with E-state index < -0.39 is 0 Å². The van der Waals surface area contributed by atoms with Crippen LogP contribution in [0.15, 0.2) is 0 Å². The molecule has 0 aromatic rings. The van der Waals surface area contributed by atoms with Crippen LogP contribution in [0.3, 0.4) is 0 Å². The monoisotopic (exact) mass is 384 g/mol. The van der Waals surface area contributed by atoms with Crippen molar-refractivity contribution in [3.05, 3.63) is 0 Å². The second-order valence-electron chi connectivity index (χ2n) is 7.68. The van der Waals surface area contributed by atoms with Gasteiger partial charge in [-0.2, -0.15) is 0 Å². The van der Waals surface area contributed by atoms with Gasteiger partial charge in [0.2, 0.25) is 0 Å². The molecule has 3 unspecified atom stereocenters. The fraction of sp³-hybridized carbons (Fsp3) is 0.909. The fourth-order valence-electron chi connectivity index (χ4n) is 3.56. The zero-order chi connectivity index (χ0) is 19.9. The Kier molecular flexibility index (Phi) is 13.2. The van der Waals surface area contributed by atoms with Crippen LogP contribution in [0.2, 0.25) is 0 Å². The van der Waals surface area contributed by atoms with Crippen LogP contribution < -0.4 is 0 Å². The highest BCUT2D eigenvalue weighted by atomic mass is 16.6. The predicted molar refractivity (Wildman–Crippen MR) is 106 cm³/mol. The van der Waals surface area contributed by atoms with Gasteiger partial charge in [-0.15, -0.1) is 0 Å². The van der Waals surface area contributed by atoms with Crippen molar-refractivity contribution in [2.24, 2.45) is 17.8 Å². The minimum absolute atomic E-state index is 0.217. The first-order valence-corrected chi connectivity index (χ1v) is 11.0. The van der Waals surface area contributed by atoms with Crippen LogP contribution in [0.4, 0.5) is 0 Å². The zero-order valence-corrected chi connectivity index (χ0v) is 17.7. The molecule has 1 saturated carbocycles. The maximum absolute atomic E-state index is 12.6. The van der Waals surface area contributed by atoms with Crippen LogP contribution in [-0.2, 0) is 23.8 Å². The Morgan fingerprint density at radius 3 is 2.07 bits per heavy atom. The molecule has 0 saturated heterocycles.